The molecule has 0 aliphatic carbocycles. The van der Waals surface area contributed by atoms with Crippen LogP contribution in [0.4, 0.5) is 0 Å². The van der Waals surface area contributed by atoms with Gasteiger partial charge in [-0.3, -0.25) is 4.99 Å². The molecule has 2 rings (SSSR count). The number of nitrogens with zero attached hydrogens (tertiary/aromatic N) is 2. The second-order valence-electron chi connectivity index (χ2n) is 7.68. The van der Waals surface area contributed by atoms with Crippen molar-refractivity contribution in [3.63, 3.8) is 0 Å². The van der Waals surface area contributed by atoms with Crippen LogP contribution in [-0.2, 0) is 6.42 Å². The molecule has 1 aliphatic rings. The Hall–Kier alpha value is -1.95. The first-order chi connectivity index (χ1) is 13.6. The summed E-state index contributed by atoms with van der Waals surface area (Å²) >= 11 is 0. The maximum atomic E-state index is 5.39. The van der Waals surface area contributed by atoms with Crippen LogP contribution in [0.15, 0.2) is 23.2 Å². The zero-order valence-electron chi connectivity index (χ0n) is 18.3. The second kappa shape index (κ2) is 11.8. The Bertz CT molecular complexity index is 619. The Morgan fingerprint density at radius 2 is 2.00 bits per heavy atom. The van der Waals surface area contributed by atoms with Gasteiger partial charge in [0.1, 0.15) is 0 Å². The van der Waals surface area contributed by atoms with Crippen LogP contribution in [0.1, 0.15) is 39.2 Å². The molecule has 28 heavy (non-hydrogen) atoms. The number of hydrogen-bond acceptors (Lipinski definition) is 4. The third-order valence-electron chi connectivity index (χ3n) is 5.29. The summed E-state index contributed by atoms with van der Waals surface area (Å²) in [6.45, 7) is 11.6. The number of likely N-dealkylation sites (tertiary alicyclic amines) is 1. The summed E-state index contributed by atoms with van der Waals surface area (Å²) in [5.41, 5.74) is 1.21. The standard InChI is InChI=1S/C22H38N4O2/c1-6-23-22(25-15-19-8-7-13-26(16-19)17(2)3)24-12-11-18-9-10-20(27-4)21(14-18)28-5/h9-10,14,17,19H,6-8,11-13,15-16H2,1-5H3,(H2,23,24,25). The first-order valence-electron chi connectivity index (χ1n) is 10.5. The third-order valence-corrected chi connectivity index (χ3v) is 5.29. The van der Waals surface area contributed by atoms with E-state index in [2.05, 4.69) is 42.4 Å². The first kappa shape index (κ1) is 22.3. The van der Waals surface area contributed by atoms with E-state index in [1.807, 2.05) is 12.1 Å². The number of hydrogen-bond donors (Lipinski definition) is 2. The lowest BCUT2D eigenvalue weighted by Crippen LogP contribution is -2.42. The monoisotopic (exact) mass is 390 g/mol. The fraction of sp³-hybridized carbons (Fsp3) is 0.682. The molecule has 1 aromatic rings. The number of piperidine rings is 1. The largest absolute Gasteiger partial charge is 0.493 e. The summed E-state index contributed by atoms with van der Waals surface area (Å²) in [5.74, 6) is 3.09. The molecule has 2 N–H and O–H groups in total. The van der Waals surface area contributed by atoms with E-state index < -0.39 is 0 Å². The molecule has 0 radical (unpaired) electrons. The fourth-order valence-corrected chi connectivity index (χ4v) is 3.64. The SMILES string of the molecule is CCNC(=NCC1CCCN(C(C)C)C1)NCCc1ccc(OC)c(OC)c1. The van der Waals surface area contributed by atoms with Crippen LogP contribution in [0, 0.1) is 5.92 Å². The van der Waals surface area contributed by atoms with Crippen LogP contribution < -0.4 is 20.1 Å². The van der Waals surface area contributed by atoms with E-state index >= 15 is 0 Å². The van der Waals surface area contributed by atoms with Crippen molar-refractivity contribution in [2.24, 2.45) is 10.9 Å². The predicted molar refractivity (Wildman–Crippen MR) is 117 cm³/mol. The first-order valence-corrected chi connectivity index (χ1v) is 10.5. The molecule has 0 saturated carbocycles. The topological polar surface area (TPSA) is 58.1 Å². The van der Waals surface area contributed by atoms with Crippen molar-refractivity contribution in [2.45, 2.75) is 46.1 Å². The summed E-state index contributed by atoms with van der Waals surface area (Å²) in [7, 11) is 3.33. The molecule has 1 saturated heterocycles. The van der Waals surface area contributed by atoms with Gasteiger partial charge in [0.05, 0.1) is 14.2 Å². The van der Waals surface area contributed by atoms with Gasteiger partial charge in [0.25, 0.3) is 0 Å². The van der Waals surface area contributed by atoms with Crippen LogP contribution >= 0.6 is 0 Å². The molecule has 1 unspecified atom stereocenters. The van der Waals surface area contributed by atoms with E-state index in [0.29, 0.717) is 12.0 Å². The van der Waals surface area contributed by atoms with Crippen molar-refractivity contribution < 1.29 is 9.47 Å². The van der Waals surface area contributed by atoms with Crippen LogP contribution in [-0.4, -0.2) is 63.8 Å². The summed E-state index contributed by atoms with van der Waals surface area (Å²) in [6, 6.07) is 6.69. The molecule has 1 fully saturated rings. The van der Waals surface area contributed by atoms with Gasteiger partial charge in [-0.25, -0.2) is 0 Å². The van der Waals surface area contributed by atoms with Gasteiger partial charge in [0.2, 0.25) is 0 Å². The summed E-state index contributed by atoms with van der Waals surface area (Å²) < 4.78 is 10.7. The minimum atomic E-state index is 0.625. The number of nitrogens with one attached hydrogen (secondary N) is 2. The van der Waals surface area contributed by atoms with E-state index in [4.69, 9.17) is 14.5 Å². The summed E-state index contributed by atoms with van der Waals surface area (Å²) in [4.78, 5) is 7.42. The Morgan fingerprint density at radius 3 is 2.68 bits per heavy atom. The van der Waals surface area contributed by atoms with Crippen molar-refractivity contribution in [3.05, 3.63) is 23.8 Å². The van der Waals surface area contributed by atoms with E-state index in [1.54, 1.807) is 14.2 Å². The molecule has 1 atom stereocenters. The van der Waals surface area contributed by atoms with Crippen molar-refractivity contribution in [2.75, 3.05) is 46.9 Å². The van der Waals surface area contributed by atoms with Crippen molar-refractivity contribution >= 4 is 5.96 Å². The smallest absolute Gasteiger partial charge is 0.191 e. The van der Waals surface area contributed by atoms with E-state index in [-0.39, 0.29) is 0 Å². The maximum absolute atomic E-state index is 5.39. The average Bonchev–Trinajstić information content (AvgIpc) is 2.72. The summed E-state index contributed by atoms with van der Waals surface area (Å²) in [6.07, 6.45) is 3.45. The highest BCUT2D eigenvalue weighted by Gasteiger charge is 2.21. The number of rotatable bonds is 9. The van der Waals surface area contributed by atoms with Crippen molar-refractivity contribution in [1.29, 1.82) is 0 Å². The lowest BCUT2D eigenvalue weighted by atomic mass is 9.97. The molecule has 0 spiro atoms. The van der Waals surface area contributed by atoms with Gasteiger partial charge in [-0.15, -0.1) is 0 Å². The van der Waals surface area contributed by atoms with Crippen molar-refractivity contribution in [3.8, 4) is 11.5 Å². The van der Waals surface area contributed by atoms with Gasteiger partial charge >= 0.3 is 0 Å². The highest BCUT2D eigenvalue weighted by Crippen LogP contribution is 2.27. The van der Waals surface area contributed by atoms with Crippen molar-refractivity contribution in [1.82, 2.24) is 15.5 Å². The average molecular weight is 391 g/mol. The van der Waals surface area contributed by atoms with Gasteiger partial charge < -0.3 is 25.0 Å². The van der Waals surface area contributed by atoms with Gasteiger partial charge in [-0.1, -0.05) is 6.07 Å². The maximum Gasteiger partial charge on any atom is 0.191 e. The van der Waals surface area contributed by atoms with E-state index in [1.165, 1.54) is 24.9 Å². The van der Waals surface area contributed by atoms with Gasteiger partial charge in [0.15, 0.2) is 17.5 Å². The number of methoxy groups -OCH3 is 2. The second-order valence-corrected chi connectivity index (χ2v) is 7.68. The molecular weight excluding hydrogens is 352 g/mol. The fourth-order valence-electron chi connectivity index (χ4n) is 3.64. The van der Waals surface area contributed by atoms with Gasteiger partial charge in [-0.05, 0) is 70.2 Å². The molecule has 1 heterocycles. The number of ether oxygens (including phenoxy) is 2. The van der Waals surface area contributed by atoms with Crippen LogP contribution in [0.5, 0.6) is 11.5 Å². The molecular formula is C22H38N4O2. The Kier molecular flexibility index (Phi) is 9.41. The molecule has 0 bridgehead atoms. The number of guanidine groups is 1. The Morgan fingerprint density at radius 1 is 1.21 bits per heavy atom. The Balaban J connectivity index is 1.86. The lowest BCUT2D eigenvalue weighted by molar-refractivity contribution is 0.143. The molecule has 6 nitrogen and oxygen atoms in total. The van der Waals surface area contributed by atoms with Crippen LogP contribution in [0.25, 0.3) is 0 Å². The molecule has 0 amide bonds. The molecule has 1 aromatic carbocycles. The normalized spacial score (nSPS) is 18.2. The predicted octanol–water partition coefficient (Wildman–Crippen LogP) is 2.92. The van der Waals surface area contributed by atoms with Crippen LogP contribution in [0.2, 0.25) is 0 Å². The molecule has 0 aromatic heterocycles. The number of benzene rings is 1. The number of aliphatic imine (C=N–C) groups is 1. The van der Waals surface area contributed by atoms with Gasteiger partial charge in [0, 0.05) is 32.2 Å². The Labute approximate surface area is 170 Å². The zero-order chi connectivity index (χ0) is 20.4. The zero-order valence-corrected chi connectivity index (χ0v) is 18.3. The van der Waals surface area contributed by atoms with Crippen LogP contribution in [0.3, 0.4) is 0 Å². The lowest BCUT2D eigenvalue weighted by Gasteiger charge is -2.34. The minimum Gasteiger partial charge on any atom is -0.493 e. The molecule has 158 valence electrons. The quantitative estimate of drug-likeness (QED) is 0.502. The summed E-state index contributed by atoms with van der Waals surface area (Å²) in [5, 5.41) is 6.83. The van der Waals surface area contributed by atoms with E-state index in [0.717, 1.165) is 50.1 Å². The molecule has 1 aliphatic heterocycles. The minimum absolute atomic E-state index is 0.625. The highest BCUT2D eigenvalue weighted by molar-refractivity contribution is 5.79. The highest BCUT2D eigenvalue weighted by atomic mass is 16.5. The third kappa shape index (κ3) is 6.89. The van der Waals surface area contributed by atoms with Gasteiger partial charge in [-0.2, -0.15) is 0 Å². The van der Waals surface area contributed by atoms with E-state index in [9.17, 15) is 0 Å². The molecule has 6 heteroatoms.